The Morgan fingerprint density at radius 1 is 1.18 bits per heavy atom. The standard InChI is InChI=1S/C21H20N6O/c22-21-18-6-5-17(11-19(18)24-15-25-21)13-27-10-9-26(14-20(27)28)8-2-4-16-3-1-7-23-12-16/h1,3,5-7,11-12,15H,8-10,13-14H2,(H2,22,24,25). The monoisotopic (exact) mass is 372 g/mol. The van der Waals surface area contributed by atoms with E-state index in [1.807, 2.05) is 35.2 Å². The molecule has 2 N–H and O–H groups in total. The number of hydrogen-bond donors (Lipinski definition) is 1. The van der Waals surface area contributed by atoms with Crippen molar-refractivity contribution in [3.63, 3.8) is 0 Å². The Hall–Kier alpha value is -3.50. The first kappa shape index (κ1) is 17.9. The van der Waals surface area contributed by atoms with Crippen LogP contribution in [0, 0.1) is 11.8 Å². The molecule has 1 aliphatic heterocycles. The number of benzene rings is 1. The highest BCUT2D eigenvalue weighted by Crippen LogP contribution is 2.19. The Morgan fingerprint density at radius 2 is 2.11 bits per heavy atom. The van der Waals surface area contributed by atoms with Crippen molar-refractivity contribution in [3.05, 3.63) is 60.2 Å². The van der Waals surface area contributed by atoms with Crippen molar-refractivity contribution in [2.24, 2.45) is 0 Å². The van der Waals surface area contributed by atoms with E-state index in [1.54, 1.807) is 12.4 Å². The molecule has 1 aliphatic rings. The molecule has 0 radical (unpaired) electrons. The number of aromatic nitrogens is 3. The third-order valence-corrected chi connectivity index (χ3v) is 4.70. The van der Waals surface area contributed by atoms with Crippen molar-refractivity contribution in [2.45, 2.75) is 6.54 Å². The fourth-order valence-corrected chi connectivity index (χ4v) is 3.19. The second-order valence-corrected chi connectivity index (χ2v) is 6.68. The van der Waals surface area contributed by atoms with Crippen LogP contribution in [0.25, 0.3) is 10.9 Å². The minimum atomic E-state index is 0.108. The van der Waals surface area contributed by atoms with Gasteiger partial charge in [0.1, 0.15) is 12.1 Å². The van der Waals surface area contributed by atoms with E-state index in [-0.39, 0.29) is 5.91 Å². The molecule has 1 amide bonds. The third kappa shape index (κ3) is 4.08. The van der Waals surface area contributed by atoms with Crippen LogP contribution in [-0.2, 0) is 11.3 Å². The van der Waals surface area contributed by atoms with Crippen LogP contribution in [0.2, 0.25) is 0 Å². The molecule has 3 heterocycles. The second-order valence-electron chi connectivity index (χ2n) is 6.68. The van der Waals surface area contributed by atoms with Crippen molar-refractivity contribution >= 4 is 22.6 Å². The summed E-state index contributed by atoms with van der Waals surface area (Å²) < 4.78 is 0. The highest BCUT2D eigenvalue weighted by atomic mass is 16.2. The quantitative estimate of drug-likeness (QED) is 0.698. The highest BCUT2D eigenvalue weighted by molar-refractivity contribution is 5.88. The molecule has 0 spiro atoms. The number of nitrogens with two attached hydrogens (primary N) is 1. The molecule has 0 atom stereocenters. The number of piperazine rings is 1. The van der Waals surface area contributed by atoms with E-state index in [9.17, 15) is 4.79 Å². The smallest absolute Gasteiger partial charge is 0.237 e. The lowest BCUT2D eigenvalue weighted by atomic mass is 10.1. The van der Waals surface area contributed by atoms with Gasteiger partial charge in [-0.25, -0.2) is 9.97 Å². The Balaban J connectivity index is 1.36. The number of carbonyl (C=O) groups is 1. The predicted octanol–water partition coefficient (Wildman–Crippen LogP) is 1.30. The lowest BCUT2D eigenvalue weighted by Gasteiger charge is -2.33. The van der Waals surface area contributed by atoms with Crippen LogP contribution in [0.1, 0.15) is 11.1 Å². The first-order valence-electron chi connectivity index (χ1n) is 9.07. The number of hydrogen-bond acceptors (Lipinski definition) is 6. The number of carbonyl (C=O) groups excluding carboxylic acids is 1. The van der Waals surface area contributed by atoms with Gasteiger partial charge in [-0.15, -0.1) is 0 Å². The highest BCUT2D eigenvalue weighted by Gasteiger charge is 2.23. The summed E-state index contributed by atoms with van der Waals surface area (Å²) in [7, 11) is 0. The summed E-state index contributed by atoms with van der Waals surface area (Å²) in [6.07, 6.45) is 4.91. The van der Waals surface area contributed by atoms with Gasteiger partial charge in [0, 0.05) is 43.0 Å². The molecule has 1 saturated heterocycles. The molecular formula is C21H20N6O. The molecule has 140 valence electrons. The van der Waals surface area contributed by atoms with Gasteiger partial charge in [0.05, 0.1) is 18.6 Å². The zero-order valence-corrected chi connectivity index (χ0v) is 15.4. The van der Waals surface area contributed by atoms with Gasteiger partial charge < -0.3 is 10.6 Å². The summed E-state index contributed by atoms with van der Waals surface area (Å²) in [5.41, 5.74) is 8.58. The van der Waals surface area contributed by atoms with Crippen LogP contribution in [0.4, 0.5) is 5.82 Å². The van der Waals surface area contributed by atoms with Gasteiger partial charge in [0.2, 0.25) is 5.91 Å². The van der Waals surface area contributed by atoms with Crippen LogP contribution in [0.5, 0.6) is 0 Å². The molecule has 1 fully saturated rings. The van der Waals surface area contributed by atoms with E-state index in [4.69, 9.17) is 5.73 Å². The van der Waals surface area contributed by atoms with Gasteiger partial charge in [-0.05, 0) is 29.8 Å². The molecule has 0 bridgehead atoms. The van der Waals surface area contributed by atoms with E-state index in [0.717, 1.165) is 28.6 Å². The van der Waals surface area contributed by atoms with E-state index in [0.29, 0.717) is 32.0 Å². The summed E-state index contributed by atoms with van der Waals surface area (Å²) in [5, 5.41) is 0.828. The zero-order chi connectivity index (χ0) is 19.3. The minimum Gasteiger partial charge on any atom is -0.383 e. The van der Waals surface area contributed by atoms with Crippen LogP contribution >= 0.6 is 0 Å². The Bertz CT molecular complexity index is 1060. The van der Waals surface area contributed by atoms with Crippen LogP contribution in [0.3, 0.4) is 0 Å². The van der Waals surface area contributed by atoms with Crippen molar-refractivity contribution in [3.8, 4) is 11.8 Å². The first-order valence-corrected chi connectivity index (χ1v) is 9.07. The number of anilines is 1. The molecule has 0 saturated carbocycles. The molecule has 7 nitrogen and oxygen atoms in total. The number of nitrogens with zero attached hydrogens (tertiary/aromatic N) is 5. The van der Waals surface area contributed by atoms with Crippen molar-refractivity contribution in [1.82, 2.24) is 24.8 Å². The van der Waals surface area contributed by atoms with E-state index >= 15 is 0 Å². The summed E-state index contributed by atoms with van der Waals surface area (Å²) in [6, 6.07) is 9.63. The third-order valence-electron chi connectivity index (χ3n) is 4.70. The molecule has 3 aromatic rings. The topological polar surface area (TPSA) is 88.2 Å². The molecule has 28 heavy (non-hydrogen) atoms. The summed E-state index contributed by atoms with van der Waals surface area (Å²) in [6.45, 7) is 2.99. The first-order chi connectivity index (χ1) is 13.7. The Labute approximate surface area is 163 Å². The maximum absolute atomic E-state index is 12.5. The fourth-order valence-electron chi connectivity index (χ4n) is 3.19. The van der Waals surface area contributed by atoms with E-state index in [2.05, 4.69) is 31.7 Å². The van der Waals surface area contributed by atoms with Crippen LogP contribution in [0.15, 0.2) is 49.1 Å². The van der Waals surface area contributed by atoms with Gasteiger partial charge >= 0.3 is 0 Å². The average Bonchev–Trinajstić information content (AvgIpc) is 2.71. The summed E-state index contributed by atoms with van der Waals surface area (Å²) >= 11 is 0. The number of pyridine rings is 1. The van der Waals surface area contributed by atoms with Gasteiger partial charge in [-0.3, -0.25) is 14.7 Å². The predicted molar refractivity (Wildman–Crippen MR) is 107 cm³/mol. The molecular weight excluding hydrogens is 352 g/mol. The zero-order valence-electron chi connectivity index (χ0n) is 15.4. The molecule has 2 aromatic heterocycles. The maximum atomic E-state index is 12.5. The second kappa shape index (κ2) is 8.03. The minimum absolute atomic E-state index is 0.108. The Morgan fingerprint density at radius 3 is 2.93 bits per heavy atom. The van der Waals surface area contributed by atoms with E-state index < -0.39 is 0 Å². The maximum Gasteiger partial charge on any atom is 0.237 e. The lowest BCUT2D eigenvalue weighted by molar-refractivity contribution is -0.136. The molecule has 4 rings (SSSR count). The number of amides is 1. The lowest BCUT2D eigenvalue weighted by Crippen LogP contribution is -2.49. The van der Waals surface area contributed by atoms with Crippen molar-refractivity contribution in [2.75, 3.05) is 31.9 Å². The number of fused-ring (bicyclic) bond motifs is 1. The van der Waals surface area contributed by atoms with Gasteiger partial charge in [0.15, 0.2) is 0 Å². The number of rotatable bonds is 3. The van der Waals surface area contributed by atoms with E-state index in [1.165, 1.54) is 6.33 Å². The fraction of sp³-hybridized carbons (Fsp3) is 0.238. The normalized spacial score (nSPS) is 14.7. The van der Waals surface area contributed by atoms with Gasteiger partial charge in [0.25, 0.3) is 0 Å². The van der Waals surface area contributed by atoms with Gasteiger partial charge in [-0.2, -0.15) is 0 Å². The van der Waals surface area contributed by atoms with Crippen LogP contribution in [-0.4, -0.2) is 56.8 Å². The molecule has 1 aromatic carbocycles. The SMILES string of the molecule is Nc1ncnc2cc(CN3CCN(CC#Cc4cccnc4)CC3=O)ccc12. The molecule has 0 unspecified atom stereocenters. The molecule has 7 heteroatoms. The van der Waals surface area contributed by atoms with Gasteiger partial charge in [-0.1, -0.05) is 17.9 Å². The summed E-state index contributed by atoms with van der Waals surface area (Å²) in [5.74, 6) is 6.77. The summed E-state index contributed by atoms with van der Waals surface area (Å²) in [4.78, 5) is 28.8. The largest absolute Gasteiger partial charge is 0.383 e. The van der Waals surface area contributed by atoms with Crippen molar-refractivity contribution in [1.29, 1.82) is 0 Å². The van der Waals surface area contributed by atoms with Crippen LogP contribution < -0.4 is 5.73 Å². The average molecular weight is 372 g/mol. The van der Waals surface area contributed by atoms with Crippen molar-refractivity contribution < 1.29 is 4.79 Å². The molecule has 0 aliphatic carbocycles. The Kier molecular flexibility index (Phi) is 5.13. The number of nitrogen functional groups attached to an aromatic ring is 1.